The third-order valence-corrected chi connectivity index (χ3v) is 4.28. The van der Waals surface area contributed by atoms with Crippen LogP contribution < -0.4 is 4.74 Å². The maximum absolute atomic E-state index is 12.1. The maximum Gasteiger partial charge on any atom is 0.344 e. The Morgan fingerprint density at radius 2 is 1.74 bits per heavy atom. The van der Waals surface area contributed by atoms with Crippen molar-refractivity contribution < 1.29 is 19.1 Å². The van der Waals surface area contributed by atoms with Gasteiger partial charge < -0.3 is 14.4 Å². The standard InChI is InChI=1S/C17H22BrNO4/c1-12-7-13(2)9-19(8-12)16(20)10-23-17(21)11-22-15-5-3-14(18)4-6-15/h3-6,12-13H,7-11H2,1-2H3/t12-,13+. The third-order valence-electron chi connectivity index (χ3n) is 3.75. The van der Waals surface area contributed by atoms with Gasteiger partial charge in [-0.3, -0.25) is 4.79 Å². The number of nitrogens with zero attached hydrogens (tertiary/aromatic N) is 1. The van der Waals surface area contributed by atoms with E-state index in [1.165, 1.54) is 0 Å². The highest BCUT2D eigenvalue weighted by Gasteiger charge is 2.25. The Hall–Kier alpha value is -1.56. The van der Waals surface area contributed by atoms with E-state index in [1.807, 2.05) is 12.1 Å². The summed E-state index contributed by atoms with van der Waals surface area (Å²) in [4.78, 5) is 25.6. The van der Waals surface area contributed by atoms with Crippen LogP contribution in [0.4, 0.5) is 0 Å². The van der Waals surface area contributed by atoms with Crippen molar-refractivity contribution in [3.05, 3.63) is 28.7 Å². The summed E-state index contributed by atoms with van der Waals surface area (Å²) in [6.45, 7) is 5.30. The van der Waals surface area contributed by atoms with Gasteiger partial charge in [0, 0.05) is 17.6 Å². The van der Waals surface area contributed by atoms with E-state index in [4.69, 9.17) is 9.47 Å². The van der Waals surface area contributed by atoms with Crippen LogP contribution in [0.5, 0.6) is 5.75 Å². The van der Waals surface area contributed by atoms with Gasteiger partial charge in [0.25, 0.3) is 5.91 Å². The van der Waals surface area contributed by atoms with E-state index in [0.717, 1.165) is 24.0 Å². The number of benzene rings is 1. The van der Waals surface area contributed by atoms with Gasteiger partial charge in [-0.1, -0.05) is 29.8 Å². The van der Waals surface area contributed by atoms with Gasteiger partial charge in [-0.05, 0) is 42.5 Å². The molecule has 126 valence electrons. The third kappa shape index (κ3) is 5.86. The van der Waals surface area contributed by atoms with Gasteiger partial charge in [-0.2, -0.15) is 0 Å². The molecule has 1 aromatic rings. The molecule has 2 atom stereocenters. The number of likely N-dealkylation sites (tertiary alicyclic amines) is 1. The van der Waals surface area contributed by atoms with Crippen molar-refractivity contribution in [2.45, 2.75) is 20.3 Å². The molecule has 1 fully saturated rings. The van der Waals surface area contributed by atoms with Crippen LogP contribution in [0.3, 0.4) is 0 Å². The number of carbonyl (C=O) groups is 2. The van der Waals surface area contributed by atoms with E-state index in [0.29, 0.717) is 17.6 Å². The number of hydrogen-bond donors (Lipinski definition) is 0. The second-order valence-electron chi connectivity index (χ2n) is 6.15. The molecule has 1 aliphatic heterocycles. The average molecular weight is 384 g/mol. The second kappa shape index (κ2) is 8.34. The number of esters is 1. The summed E-state index contributed by atoms with van der Waals surface area (Å²) in [6.07, 6.45) is 1.13. The van der Waals surface area contributed by atoms with Crippen LogP contribution in [0.2, 0.25) is 0 Å². The topological polar surface area (TPSA) is 55.8 Å². The Bertz CT molecular complexity index is 536. The molecule has 1 aromatic carbocycles. The molecule has 0 aliphatic carbocycles. The highest BCUT2D eigenvalue weighted by molar-refractivity contribution is 9.10. The zero-order valence-electron chi connectivity index (χ0n) is 13.5. The van der Waals surface area contributed by atoms with Crippen LogP contribution in [0, 0.1) is 11.8 Å². The van der Waals surface area contributed by atoms with Crippen molar-refractivity contribution in [1.82, 2.24) is 4.90 Å². The van der Waals surface area contributed by atoms with Crippen LogP contribution in [0.1, 0.15) is 20.3 Å². The molecule has 0 unspecified atom stereocenters. The highest BCUT2D eigenvalue weighted by Crippen LogP contribution is 2.21. The molecule has 0 N–H and O–H groups in total. The zero-order chi connectivity index (χ0) is 16.8. The van der Waals surface area contributed by atoms with Gasteiger partial charge >= 0.3 is 5.97 Å². The number of halogens is 1. The van der Waals surface area contributed by atoms with E-state index in [1.54, 1.807) is 17.0 Å². The van der Waals surface area contributed by atoms with Gasteiger partial charge in [-0.15, -0.1) is 0 Å². The lowest BCUT2D eigenvalue weighted by Gasteiger charge is -2.34. The largest absolute Gasteiger partial charge is 0.482 e. The monoisotopic (exact) mass is 383 g/mol. The van der Waals surface area contributed by atoms with Crippen molar-refractivity contribution in [3.8, 4) is 5.75 Å². The molecule has 0 radical (unpaired) electrons. The van der Waals surface area contributed by atoms with Gasteiger partial charge in [0.2, 0.25) is 0 Å². The number of rotatable bonds is 5. The molecule has 1 saturated heterocycles. The molecule has 6 heteroatoms. The molecule has 23 heavy (non-hydrogen) atoms. The highest BCUT2D eigenvalue weighted by atomic mass is 79.9. The predicted octanol–water partition coefficient (Wildman–Crippen LogP) is 2.88. The van der Waals surface area contributed by atoms with E-state index in [9.17, 15) is 9.59 Å². The summed E-state index contributed by atoms with van der Waals surface area (Å²) in [5, 5.41) is 0. The molecule has 1 amide bonds. The Balaban J connectivity index is 1.71. The molecule has 5 nitrogen and oxygen atoms in total. The summed E-state index contributed by atoms with van der Waals surface area (Å²) in [7, 11) is 0. The summed E-state index contributed by atoms with van der Waals surface area (Å²) < 4.78 is 11.3. The summed E-state index contributed by atoms with van der Waals surface area (Å²) in [5.74, 6) is 0.869. The lowest BCUT2D eigenvalue weighted by Crippen LogP contribution is -2.44. The fraction of sp³-hybridized carbons (Fsp3) is 0.529. The van der Waals surface area contributed by atoms with Gasteiger partial charge in [0.05, 0.1) is 0 Å². The second-order valence-corrected chi connectivity index (χ2v) is 7.06. The molecule has 0 spiro atoms. The maximum atomic E-state index is 12.1. The first-order valence-electron chi connectivity index (χ1n) is 7.76. The van der Waals surface area contributed by atoms with Crippen LogP contribution >= 0.6 is 15.9 Å². The van der Waals surface area contributed by atoms with Crippen LogP contribution in [0.25, 0.3) is 0 Å². The molecule has 0 aromatic heterocycles. The van der Waals surface area contributed by atoms with Crippen molar-refractivity contribution in [2.75, 3.05) is 26.3 Å². The van der Waals surface area contributed by atoms with Gasteiger partial charge in [0.1, 0.15) is 5.75 Å². The van der Waals surface area contributed by atoms with Gasteiger partial charge in [0.15, 0.2) is 13.2 Å². The smallest absolute Gasteiger partial charge is 0.344 e. The molecule has 0 bridgehead atoms. The van der Waals surface area contributed by atoms with Crippen molar-refractivity contribution >= 4 is 27.8 Å². The number of amides is 1. The number of carbonyl (C=O) groups excluding carboxylic acids is 2. The average Bonchev–Trinajstić information content (AvgIpc) is 2.51. The first kappa shape index (κ1) is 17.8. The Morgan fingerprint density at radius 3 is 2.35 bits per heavy atom. The molecule has 1 aliphatic rings. The fourth-order valence-corrected chi connectivity index (χ4v) is 3.08. The minimum Gasteiger partial charge on any atom is -0.482 e. The molecular weight excluding hydrogens is 362 g/mol. The van der Waals surface area contributed by atoms with E-state index >= 15 is 0 Å². The normalized spacial score (nSPS) is 20.9. The zero-order valence-corrected chi connectivity index (χ0v) is 15.0. The molecular formula is C17H22BrNO4. The quantitative estimate of drug-likeness (QED) is 0.733. The molecule has 1 heterocycles. The van der Waals surface area contributed by atoms with E-state index in [2.05, 4.69) is 29.8 Å². The predicted molar refractivity (Wildman–Crippen MR) is 90.1 cm³/mol. The lowest BCUT2D eigenvalue weighted by atomic mass is 9.92. The number of hydrogen-bond acceptors (Lipinski definition) is 4. The van der Waals surface area contributed by atoms with Crippen LogP contribution in [-0.2, 0) is 14.3 Å². The minimum absolute atomic E-state index is 0.139. The lowest BCUT2D eigenvalue weighted by molar-refractivity contribution is -0.154. The van der Waals surface area contributed by atoms with Crippen LogP contribution in [0.15, 0.2) is 28.7 Å². The van der Waals surface area contributed by atoms with Crippen molar-refractivity contribution in [2.24, 2.45) is 11.8 Å². The van der Waals surface area contributed by atoms with Crippen molar-refractivity contribution in [3.63, 3.8) is 0 Å². The Labute approximate surface area is 145 Å². The SMILES string of the molecule is C[C@@H]1C[C@H](C)CN(C(=O)COC(=O)COc2ccc(Br)cc2)C1. The first-order chi connectivity index (χ1) is 10.9. The van der Waals surface area contributed by atoms with E-state index in [-0.39, 0.29) is 19.1 Å². The number of ether oxygens (including phenoxy) is 2. The minimum atomic E-state index is -0.542. The van der Waals surface area contributed by atoms with Crippen molar-refractivity contribution in [1.29, 1.82) is 0 Å². The van der Waals surface area contributed by atoms with Gasteiger partial charge in [-0.25, -0.2) is 4.79 Å². The van der Waals surface area contributed by atoms with Crippen LogP contribution in [-0.4, -0.2) is 43.1 Å². The summed E-state index contributed by atoms with van der Waals surface area (Å²) in [6, 6.07) is 7.14. The summed E-state index contributed by atoms with van der Waals surface area (Å²) >= 11 is 3.32. The molecule has 0 saturated carbocycles. The Morgan fingerprint density at radius 1 is 1.13 bits per heavy atom. The first-order valence-corrected chi connectivity index (χ1v) is 8.55. The Kier molecular flexibility index (Phi) is 6.45. The number of piperidine rings is 1. The fourth-order valence-electron chi connectivity index (χ4n) is 2.81. The van der Waals surface area contributed by atoms with E-state index < -0.39 is 5.97 Å². The summed E-state index contributed by atoms with van der Waals surface area (Å²) in [5.41, 5.74) is 0. The molecule has 2 rings (SSSR count).